The summed E-state index contributed by atoms with van der Waals surface area (Å²) in [5.41, 5.74) is 6.06. The van der Waals surface area contributed by atoms with Gasteiger partial charge in [0.05, 0.1) is 12.7 Å². The van der Waals surface area contributed by atoms with Gasteiger partial charge in [-0.3, -0.25) is 4.79 Å². The van der Waals surface area contributed by atoms with Crippen LogP contribution in [-0.2, 0) is 4.79 Å². The van der Waals surface area contributed by atoms with Crippen molar-refractivity contribution in [3.8, 4) is 0 Å². The Kier molecular flexibility index (Phi) is 1.97. The fourth-order valence-corrected chi connectivity index (χ4v) is 1.41. The highest BCUT2D eigenvalue weighted by Crippen LogP contribution is 2.05. The predicted octanol–water partition coefficient (Wildman–Crippen LogP) is -2.65. The molecule has 0 aromatic heterocycles. The lowest BCUT2D eigenvalue weighted by Crippen LogP contribution is -2.58. The molecule has 13 heavy (non-hydrogen) atoms. The molecule has 2 heterocycles. The SMILES string of the molecule is NCC1CNC2=C(N1)C(=O)NCN2. The molecule has 2 rings (SSSR count). The van der Waals surface area contributed by atoms with Gasteiger partial charge in [0.1, 0.15) is 11.5 Å². The Bertz CT molecular complexity index is 262. The molecule has 0 aromatic rings. The molecular weight excluding hydrogens is 170 g/mol. The number of hydrogen-bond donors (Lipinski definition) is 5. The van der Waals surface area contributed by atoms with Crippen molar-refractivity contribution in [3.63, 3.8) is 0 Å². The first-order chi connectivity index (χ1) is 6.31. The van der Waals surface area contributed by atoms with Crippen LogP contribution in [0.4, 0.5) is 0 Å². The van der Waals surface area contributed by atoms with E-state index in [1.54, 1.807) is 0 Å². The molecule has 0 spiro atoms. The van der Waals surface area contributed by atoms with E-state index in [4.69, 9.17) is 5.73 Å². The molecule has 72 valence electrons. The third kappa shape index (κ3) is 1.40. The van der Waals surface area contributed by atoms with Gasteiger partial charge >= 0.3 is 0 Å². The molecule has 0 aromatic carbocycles. The van der Waals surface area contributed by atoms with E-state index < -0.39 is 0 Å². The third-order valence-corrected chi connectivity index (χ3v) is 2.15. The van der Waals surface area contributed by atoms with E-state index in [-0.39, 0.29) is 11.9 Å². The highest BCUT2D eigenvalue weighted by molar-refractivity contribution is 5.94. The van der Waals surface area contributed by atoms with Gasteiger partial charge < -0.3 is 27.0 Å². The molecule has 0 saturated carbocycles. The van der Waals surface area contributed by atoms with Gasteiger partial charge in [0.2, 0.25) is 0 Å². The summed E-state index contributed by atoms with van der Waals surface area (Å²) in [6, 6.07) is 0.129. The molecule has 1 atom stereocenters. The van der Waals surface area contributed by atoms with Gasteiger partial charge in [-0.15, -0.1) is 0 Å². The molecule has 6 nitrogen and oxygen atoms in total. The van der Waals surface area contributed by atoms with Crippen molar-refractivity contribution >= 4 is 5.91 Å². The second kappa shape index (κ2) is 3.14. The maximum atomic E-state index is 11.3. The van der Waals surface area contributed by atoms with E-state index in [0.29, 0.717) is 18.9 Å². The zero-order chi connectivity index (χ0) is 9.26. The number of nitrogens with one attached hydrogen (secondary N) is 4. The Labute approximate surface area is 75.9 Å². The summed E-state index contributed by atoms with van der Waals surface area (Å²) in [6.07, 6.45) is 0. The number of hydrogen-bond acceptors (Lipinski definition) is 5. The minimum atomic E-state index is -0.0839. The minimum absolute atomic E-state index is 0.0839. The fraction of sp³-hybridized carbons (Fsp3) is 0.571. The summed E-state index contributed by atoms with van der Waals surface area (Å²) in [5.74, 6) is 0.688. The maximum Gasteiger partial charge on any atom is 0.272 e. The van der Waals surface area contributed by atoms with Gasteiger partial charge in [0.25, 0.3) is 5.91 Å². The molecule has 6 heteroatoms. The number of carbonyl (C=O) groups is 1. The average molecular weight is 183 g/mol. The molecule has 0 fully saturated rings. The number of amides is 1. The van der Waals surface area contributed by atoms with Crippen molar-refractivity contribution in [3.05, 3.63) is 11.5 Å². The third-order valence-electron chi connectivity index (χ3n) is 2.15. The van der Waals surface area contributed by atoms with Gasteiger partial charge in [-0.25, -0.2) is 0 Å². The smallest absolute Gasteiger partial charge is 0.272 e. The Hall–Kier alpha value is -1.43. The normalized spacial score (nSPS) is 26.5. The number of nitrogens with two attached hydrogens (primary N) is 1. The van der Waals surface area contributed by atoms with Crippen LogP contribution in [0.25, 0.3) is 0 Å². The van der Waals surface area contributed by atoms with Crippen LogP contribution in [0, 0.1) is 0 Å². The lowest BCUT2D eigenvalue weighted by Gasteiger charge is -2.32. The van der Waals surface area contributed by atoms with E-state index in [0.717, 1.165) is 12.4 Å². The van der Waals surface area contributed by atoms with E-state index in [1.807, 2.05) is 0 Å². The molecule has 0 saturated heterocycles. The van der Waals surface area contributed by atoms with E-state index in [9.17, 15) is 4.79 Å². The molecule has 0 bridgehead atoms. The molecular formula is C7H13N5O. The van der Waals surface area contributed by atoms with Crippen LogP contribution < -0.4 is 27.0 Å². The summed E-state index contributed by atoms with van der Waals surface area (Å²) in [5, 5.41) is 11.9. The van der Waals surface area contributed by atoms with Crippen molar-refractivity contribution in [1.29, 1.82) is 0 Å². The van der Waals surface area contributed by atoms with Crippen LogP contribution in [0.1, 0.15) is 0 Å². The molecule has 2 aliphatic rings. The topological polar surface area (TPSA) is 91.2 Å². The predicted molar refractivity (Wildman–Crippen MR) is 47.2 cm³/mol. The first-order valence-corrected chi connectivity index (χ1v) is 4.28. The highest BCUT2D eigenvalue weighted by Gasteiger charge is 2.26. The average Bonchev–Trinajstić information content (AvgIpc) is 2.18. The first-order valence-electron chi connectivity index (χ1n) is 4.28. The minimum Gasteiger partial charge on any atom is -0.372 e. The molecule has 1 unspecified atom stereocenters. The highest BCUT2D eigenvalue weighted by atomic mass is 16.2. The van der Waals surface area contributed by atoms with Crippen molar-refractivity contribution in [2.45, 2.75) is 6.04 Å². The van der Waals surface area contributed by atoms with Crippen LogP contribution in [0.5, 0.6) is 0 Å². The standard InChI is InChI=1S/C7H13N5O/c8-1-4-2-9-6-5(12-4)7(13)11-3-10-6/h4,9-10,12H,1-3,8H2,(H,11,13). The van der Waals surface area contributed by atoms with Crippen molar-refractivity contribution in [2.75, 3.05) is 19.8 Å². The summed E-state index contributed by atoms with van der Waals surface area (Å²) in [6.45, 7) is 1.73. The second-order valence-electron chi connectivity index (χ2n) is 3.07. The summed E-state index contributed by atoms with van der Waals surface area (Å²) >= 11 is 0. The molecule has 2 aliphatic heterocycles. The summed E-state index contributed by atoms with van der Waals surface area (Å²) in [4.78, 5) is 11.3. The van der Waals surface area contributed by atoms with Gasteiger partial charge in [-0.2, -0.15) is 0 Å². The lowest BCUT2D eigenvalue weighted by molar-refractivity contribution is -0.118. The molecule has 6 N–H and O–H groups in total. The Morgan fingerprint density at radius 3 is 3.00 bits per heavy atom. The van der Waals surface area contributed by atoms with Crippen LogP contribution in [0.15, 0.2) is 11.5 Å². The maximum absolute atomic E-state index is 11.3. The second-order valence-corrected chi connectivity index (χ2v) is 3.07. The van der Waals surface area contributed by atoms with Crippen molar-refractivity contribution in [2.24, 2.45) is 5.73 Å². The van der Waals surface area contributed by atoms with E-state index >= 15 is 0 Å². The molecule has 0 aliphatic carbocycles. The lowest BCUT2D eigenvalue weighted by atomic mass is 10.2. The van der Waals surface area contributed by atoms with Crippen molar-refractivity contribution in [1.82, 2.24) is 21.3 Å². The van der Waals surface area contributed by atoms with Gasteiger partial charge in [-0.1, -0.05) is 0 Å². The quantitative estimate of drug-likeness (QED) is 0.306. The summed E-state index contributed by atoms with van der Waals surface area (Å²) < 4.78 is 0. The van der Waals surface area contributed by atoms with Gasteiger partial charge in [-0.05, 0) is 0 Å². The van der Waals surface area contributed by atoms with Crippen LogP contribution in [0.3, 0.4) is 0 Å². The first kappa shape index (κ1) is 8.18. The van der Waals surface area contributed by atoms with Crippen LogP contribution in [0.2, 0.25) is 0 Å². The monoisotopic (exact) mass is 183 g/mol. The Morgan fingerprint density at radius 1 is 1.38 bits per heavy atom. The van der Waals surface area contributed by atoms with Crippen molar-refractivity contribution < 1.29 is 4.79 Å². The number of carbonyl (C=O) groups excluding carboxylic acids is 1. The molecule has 1 amide bonds. The van der Waals surface area contributed by atoms with Gasteiger partial charge in [0.15, 0.2) is 0 Å². The van der Waals surface area contributed by atoms with Crippen LogP contribution >= 0.6 is 0 Å². The van der Waals surface area contributed by atoms with E-state index in [1.165, 1.54) is 0 Å². The number of rotatable bonds is 1. The largest absolute Gasteiger partial charge is 0.372 e. The summed E-state index contributed by atoms with van der Waals surface area (Å²) in [7, 11) is 0. The fourth-order valence-electron chi connectivity index (χ4n) is 1.41. The zero-order valence-electron chi connectivity index (χ0n) is 7.18. The Morgan fingerprint density at radius 2 is 2.23 bits per heavy atom. The Balaban J connectivity index is 2.17. The van der Waals surface area contributed by atoms with Gasteiger partial charge in [0, 0.05) is 13.1 Å². The van der Waals surface area contributed by atoms with E-state index in [2.05, 4.69) is 21.3 Å². The zero-order valence-corrected chi connectivity index (χ0v) is 7.18. The van der Waals surface area contributed by atoms with Crippen LogP contribution in [-0.4, -0.2) is 31.7 Å². The molecule has 0 radical (unpaired) electrons.